The maximum atomic E-state index is 12.6. The summed E-state index contributed by atoms with van der Waals surface area (Å²) in [6.07, 6.45) is 4.93. The Kier molecular flexibility index (Phi) is 4.89. The van der Waals surface area contributed by atoms with Gasteiger partial charge in [0.25, 0.3) is 0 Å². The topological polar surface area (TPSA) is 85.0 Å². The van der Waals surface area contributed by atoms with Crippen molar-refractivity contribution in [1.82, 2.24) is 20.1 Å². The van der Waals surface area contributed by atoms with Gasteiger partial charge in [-0.1, -0.05) is 29.2 Å². The van der Waals surface area contributed by atoms with Crippen molar-refractivity contribution in [2.24, 2.45) is 0 Å². The number of aromatic nitrogens is 3. The van der Waals surface area contributed by atoms with Crippen LogP contribution in [0.15, 0.2) is 28.7 Å². The molecule has 1 aliphatic rings. The minimum Gasteiger partial charge on any atom is -0.374 e. The van der Waals surface area contributed by atoms with Crippen molar-refractivity contribution < 1.29 is 4.79 Å². The monoisotopic (exact) mass is 335 g/mol. The van der Waals surface area contributed by atoms with Crippen LogP contribution in [0.4, 0.5) is 5.13 Å². The number of amides is 1. The van der Waals surface area contributed by atoms with Gasteiger partial charge in [0.15, 0.2) is 4.34 Å². The highest BCUT2D eigenvalue weighted by Gasteiger charge is 2.28. The summed E-state index contributed by atoms with van der Waals surface area (Å²) in [7, 11) is 0. The molecule has 2 aromatic heterocycles. The lowest BCUT2D eigenvalue weighted by Crippen LogP contribution is -2.39. The minimum atomic E-state index is 0.0857. The molecule has 0 radical (unpaired) electrons. The number of piperidine rings is 1. The van der Waals surface area contributed by atoms with Gasteiger partial charge in [-0.3, -0.25) is 9.78 Å². The molecule has 0 aliphatic carbocycles. The second-order valence-corrected chi connectivity index (χ2v) is 7.28. The lowest BCUT2D eigenvalue weighted by molar-refractivity contribution is -0.132. The second-order valence-electron chi connectivity index (χ2n) is 5.05. The molecule has 1 amide bonds. The highest BCUT2D eigenvalue weighted by molar-refractivity contribution is 8.01. The zero-order valence-electron chi connectivity index (χ0n) is 12.0. The van der Waals surface area contributed by atoms with Crippen molar-refractivity contribution in [3.8, 4) is 0 Å². The van der Waals surface area contributed by atoms with Gasteiger partial charge in [-0.2, -0.15) is 0 Å². The Labute approximate surface area is 137 Å². The summed E-state index contributed by atoms with van der Waals surface area (Å²) in [5.41, 5.74) is 6.53. The third kappa shape index (κ3) is 3.56. The smallest absolute Gasteiger partial charge is 0.233 e. The number of carbonyl (C=O) groups excluding carboxylic acids is 1. The molecule has 0 bridgehead atoms. The molecule has 2 aromatic rings. The third-order valence-electron chi connectivity index (χ3n) is 3.59. The summed E-state index contributed by atoms with van der Waals surface area (Å²) in [4.78, 5) is 18.9. The molecule has 116 valence electrons. The summed E-state index contributed by atoms with van der Waals surface area (Å²) < 4.78 is 0.734. The van der Waals surface area contributed by atoms with Gasteiger partial charge in [0.1, 0.15) is 0 Å². The number of hydrogen-bond donors (Lipinski definition) is 1. The van der Waals surface area contributed by atoms with Gasteiger partial charge in [-0.05, 0) is 31.4 Å². The first-order valence-corrected chi connectivity index (χ1v) is 8.96. The molecule has 0 aromatic carbocycles. The number of hydrogen-bond acceptors (Lipinski definition) is 7. The van der Waals surface area contributed by atoms with Crippen LogP contribution in [0.3, 0.4) is 0 Å². The molecule has 1 aliphatic heterocycles. The summed E-state index contributed by atoms with van der Waals surface area (Å²) in [6, 6.07) is 5.95. The minimum absolute atomic E-state index is 0.0857. The first-order chi connectivity index (χ1) is 10.7. The van der Waals surface area contributed by atoms with Crippen LogP contribution in [0.5, 0.6) is 0 Å². The Morgan fingerprint density at radius 3 is 3.05 bits per heavy atom. The highest BCUT2D eigenvalue weighted by Crippen LogP contribution is 2.31. The molecule has 1 fully saturated rings. The summed E-state index contributed by atoms with van der Waals surface area (Å²) >= 11 is 2.70. The van der Waals surface area contributed by atoms with Gasteiger partial charge in [-0.25, -0.2) is 0 Å². The molecule has 8 heteroatoms. The first kappa shape index (κ1) is 15.2. The lowest BCUT2D eigenvalue weighted by atomic mass is 9.99. The van der Waals surface area contributed by atoms with Crippen LogP contribution in [0, 0.1) is 0 Å². The van der Waals surface area contributed by atoms with Crippen LogP contribution < -0.4 is 5.73 Å². The molecule has 1 atom stereocenters. The number of nitrogens with two attached hydrogens (primary N) is 1. The fourth-order valence-electron chi connectivity index (χ4n) is 2.60. The fourth-order valence-corrected chi connectivity index (χ4v) is 4.12. The molecular weight excluding hydrogens is 318 g/mol. The fraction of sp³-hybridized carbons (Fsp3) is 0.429. The number of thioether (sulfide) groups is 1. The van der Waals surface area contributed by atoms with Gasteiger partial charge in [0, 0.05) is 12.7 Å². The number of likely N-dealkylation sites (tertiary alicyclic amines) is 1. The van der Waals surface area contributed by atoms with E-state index in [0.29, 0.717) is 10.9 Å². The Hall–Kier alpha value is -1.67. The number of anilines is 1. The average Bonchev–Trinajstić information content (AvgIpc) is 2.99. The zero-order valence-corrected chi connectivity index (χ0v) is 13.6. The van der Waals surface area contributed by atoms with E-state index in [0.717, 1.165) is 35.8 Å². The Balaban J connectivity index is 1.66. The van der Waals surface area contributed by atoms with E-state index in [-0.39, 0.29) is 11.9 Å². The van der Waals surface area contributed by atoms with Crippen molar-refractivity contribution >= 4 is 34.1 Å². The molecule has 0 spiro atoms. The summed E-state index contributed by atoms with van der Waals surface area (Å²) in [5, 5.41) is 8.12. The molecule has 0 saturated carbocycles. The standard InChI is InChI=1S/C14H17N5OS2/c15-13-17-18-14(22-13)21-9-12(20)19-8-4-2-6-11(19)10-5-1-3-7-16-10/h1,3,5,7,11H,2,4,6,8-9H2,(H2,15,17)/t11-/m0/s1. The Morgan fingerprint density at radius 1 is 1.41 bits per heavy atom. The molecule has 1 saturated heterocycles. The van der Waals surface area contributed by atoms with Crippen molar-refractivity contribution in [1.29, 1.82) is 0 Å². The normalized spacial score (nSPS) is 18.4. The van der Waals surface area contributed by atoms with Crippen LogP contribution >= 0.6 is 23.1 Å². The van der Waals surface area contributed by atoms with Crippen LogP contribution in [-0.4, -0.2) is 38.3 Å². The quantitative estimate of drug-likeness (QED) is 0.863. The zero-order chi connectivity index (χ0) is 15.4. The predicted octanol–water partition coefficient (Wildman–Crippen LogP) is 2.36. The Morgan fingerprint density at radius 2 is 2.32 bits per heavy atom. The van der Waals surface area contributed by atoms with E-state index in [1.807, 2.05) is 23.1 Å². The van der Waals surface area contributed by atoms with Crippen molar-refractivity contribution in [3.63, 3.8) is 0 Å². The summed E-state index contributed by atoms with van der Waals surface area (Å²) in [5.74, 6) is 0.479. The highest BCUT2D eigenvalue weighted by atomic mass is 32.2. The van der Waals surface area contributed by atoms with E-state index in [1.165, 1.54) is 23.1 Å². The number of pyridine rings is 1. The Bertz CT molecular complexity index is 633. The SMILES string of the molecule is Nc1nnc(SCC(=O)N2CCCC[C@H]2c2ccccn2)s1. The van der Waals surface area contributed by atoms with Crippen LogP contribution in [0.1, 0.15) is 31.0 Å². The lowest BCUT2D eigenvalue weighted by Gasteiger charge is -2.35. The van der Waals surface area contributed by atoms with Gasteiger partial charge in [0.2, 0.25) is 11.0 Å². The van der Waals surface area contributed by atoms with Gasteiger partial charge in [0.05, 0.1) is 17.5 Å². The van der Waals surface area contributed by atoms with Crippen LogP contribution in [-0.2, 0) is 4.79 Å². The van der Waals surface area contributed by atoms with E-state index in [2.05, 4.69) is 15.2 Å². The van der Waals surface area contributed by atoms with E-state index in [9.17, 15) is 4.79 Å². The van der Waals surface area contributed by atoms with Gasteiger partial charge < -0.3 is 10.6 Å². The largest absolute Gasteiger partial charge is 0.374 e. The first-order valence-electron chi connectivity index (χ1n) is 7.16. The van der Waals surface area contributed by atoms with Crippen molar-refractivity contribution in [2.75, 3.05) is 18.0 Å². The van der Waals surface area contributed by atoms with Gasteiger partial charge in [-0.15, -0.1) is 10.2 Å². The van der Waals surface area contributed by atoms with E-state index >= 15 is 0 Å². The number of nitrogens with zero attached hydrogens (tertiary/aromatic N) is 4. The van der Waals surface area contributed by atoms with E-state index in [4.69, 9.17) is 5.73 Å². The molecule has 3 rings (SSSR count). The van der Waals surface area contributed by atoms with Crippen molar-refractivity contribution in [2.45, 2.75) is 29.6 Å². The maximum Gasteiger partial charge on any atom is 0.233 e. The van der Waals surface area contributed by atoms with Gasteiger partial charge >= 0.3 is 0 Å². The summed E-state index contributed by atoms with van der Waals surface area (Å²) in [6.45, 7) is 0.791. The number of rotatable bonds is 4. The molecule has 3 heterocycles. The second kappa shape index (κ2) is 7.06. The number of carbonyl (C=O) groups is 1. The molecule has 22 heavy (non-hydrogen) atoms. The average molecular weight is 335 g/mol. The van der Waals surface area contributed by atoms with E-state index < -0.39 is 0 Å². The maximum absolute atomic E-state index is 12.6. The molecular formula is C14H17N5OS2. The third-order valence-corrected chi connectivity index (χ3v) is 5.46. The van der Waals surface area contributed by atoms with Crippen LogP contribution in [0.2, 0.25) is 0 Å². The van der Waals surface area contributed by atoms with Crippen LogP contribution in [0.25, 0.3) is 0 Å². The number of nitrogen functional groups attached to an aromatic ring is 1. The molecule has 2 N–H and O–H groups in total. The molecule has 0 unspecified atom stereocenters. The predicted molar refractivity (Wildman–Crippen MR) is 87.6 cm³/mol. The van der Waals surface area contributed by atoms with E-state index in [1.54, 1.807) is 6.20 Å². The molecule has 6 nitrogen and oxygen atoms in total. The van der Waals surface area contributed by atoms with Crippen molar-refractivity contribution in [3.05, 3.63) is 30.1 Å².